The van der Waals surface area contributed by atoms with Crippen LogP contribution < -0.4 is 0 Å². The Balaban J connectivity index is 1.91. The van der Waals surface area contributed by atoms with Gasteiger partial charge in [-0.05, 0) is 43.5 Å². The Hall–Kier alpha value is -1.95. The molecule has 0 saturated carbocycles. The summed E-state index contributed by atoms with van der Waals surface area (Å²) in [6.45, 7) is 6.32. The number of fused-ring (bicyclic) bond motifs is 1. The molecule has 0 amide bonds. The van der Waals surface area contributed by atoms with E-state index in [1.54, 1.807) is 23.5 Å². The van der Waals surface area contributed by atoms with Crippen LogP contribution in [0.15, 0.2) is 64.5 Å². The molecule has 2 aromatic heterocycles. The Morgan fingerprint density at radius 1 is 0.966 bits per heavy atom. The summed E-state index contributed by atoms with van der Waals surface area (Å²) in [6.07, 6.45) is 4.11. The summed E-state index contributed by atoms with van der Waals surface area (Å²) in [5, 5.41) is 1.24. The van der Waals surface area contributed by atoms with Crippen molar-refractivity contribution in [3.05, 3.63) is 65.4 Å². The molecule has 0 unspecified atom stereocenters. The molecule has 0 N–H and O–H groups in total. The van der Waals surface area contributed by atoms with E-state index < -0.39 is 0 Å². The molecule has 0 radical (unpaired) electrons. The summed E-state index contributed by atoms with van der Waals surface area (Å²) >= 11 is 10.1. The Labute approximate surface area is 184 Å². The fourth-order valence-electron chi connectivity index (χ4n) is 3.24. The van der Waals surface area contributed by atoms with Gasteiger partial charge in [0.2, 0.25) is 5.78 Å². The molecule has 4 aromatic rings. The van der Waals surface area contributed by atoms with Crippen molar-refractivity contribution in [3.63, 3.8) is 0 Å². The molecule has 0 aliphatic rings. The van der Waals surface area contributed by atoms with Gasteiger partial charge < -0.3 is 0 Å². The van der Waals surface area contributed by atoms with Crippen LogP contribution in [0.3, 0.4) is 0 Å². The molecule has 4 rings (SSSR count). The third-order valence-corrected chi connectivity index (χ3v) is 6.81. The zero-order valence-electron chi connectivity index (χ0n) is 16.8. The number of aromatic nitrogens is 3. The first kappa shape index (κ1) is 20.3. The minimum absolute atomic E-state index is 0.479. The molecule has 3 nitrogen and oxygen atoms in total. The summed E-state index contributed by atoms with van der Waals surface area (Å²) in [6, 6.07) is 16.8. The molecular formula is C23H22ClN3S2. The third kappa shape index (κ3) is 4.18. The van der Waals surface area contributed by atoms with Crippen LogP contribution in [0.25, 0.3) is 28.3 Å². The summed E-state index contributed by atoms with van der Waals surface area (Å²) < 4.78 is 2.05. The fraction of sp³-hybridized carbons (Fsp3) is 0.217. The predicted octanol–water partition coefficient (Wildman–Crippen LogP) is 7.25. The molecule has 0 fully saturated rings. The second-order valence-corrected chi connectivity index (χ2v) is 9.99. The van der Waals surface area contributed by atoms with E-state index in [9.17, 15) is 0 Å². The Kier molecular flexibility index (Phi) is 5.91. The minimum Gasteiger partial charge on any atom is -0.283 e. The number of imidazole rings is 1. The van der Waals surface area contributed by atoms with Crippen LogP contribution in [0.5, 0.6) is 0 Å². The molecule has 6 heteroatoms. The highest BCUT2D eigenvalue weighted by molar-refractivity contribution is 8.00. The molecule has 2 heterocycles. The monoisotopic (exact) mass is 439 g/mol. The molecular weight excluding hydrogens is 418 g/mol. The molecule has 0 atom stereocenters. The van der Waals surface area contributed by atoms with E-state index in [1.807, 2.05) is 29.7 Å². The quantitative estimate of drug-likeness (QED) is 0.306. The summed E-state index contributed by atoms with van der Waals surface area (Å²) in [5.41, 5.74) is 4.96. The second kappa shape index (κ2) is 8.42. The topological polar surface area (TPSA) is 30.2 Å². The van der Waals surface area contributed by atoms with Crippen LogP contribution in [-0.4, -0.2) is 25.9 Å². The lowest BCUT2D eigenvalue weighted by atomic mass is 10.0. The van der Waals surface area contributed by atoms with E-state index in [4.69, 9.17) is 16.6 Å². The van der Waals surface area contributed by atoms with E-state index in [1.165, 1.54) is 4.90 Å². The van der Waals surface area contributed by atoms with E-state index in [2.05, 4.69) is 61.5 Å². The Morgan fingerprint density at radius 2 is 1.69 bits per heavy atom. The lowest BCUT2D eigenvalue weighted by Gasteiger charge is -2.11. The predicted molar refractivity (Wildman–Crippen MR) is 126 cm³/mol. The molecule has 2 aromatic carbocycles. The van der Waals surface area contributed by atoms with Crippen molar-refractivity contribution in [2.24, 2.45) is 0 Å². The second-order valence-electron chi connectivity index (χ2n) is 7.09. The fourth-order valence-corrected chi connectivity index (χ4v) is 4.79. The average molecular weight is 440 g/mol. The highest BCUT2D eigenvalue weighted by Crippen LogP contribution is 2.37. The molecule has 0 spiro atoms. The van der Waals surface area contributed by atoms with Gasteiger partial charge in [0.05, 0.1) is 16.4 Å². The molecule has 29 heavy (non-hydrogen) atoms. The molecule has 0 bridgehead atoms. The number of hydrogen-bond acceptors (Lipinski definition) is 4. The van der Waals surface area contributed by atoms with E-state index >= 15 is 0 Å². The van der Waals surface area contributed by atoms with Gasteiger partial charge in [0.25, 0.3) is 0 Å². The maximum atomic E-state index is 6.64. The number of thioether (sulfide) groups is 2. The van der Waals surface area contributed by atoms with Gasteiger partial charge in [-0.25, -0.2) is 9.97 Å². The van der Waals surface area contributed by atoms with E-state index in [0.29, 0.717) is 11.0 Å². The largest absolute Gasteiger partial charge is 0.283 e. The van der Waals surface area contributed by atoms with Gasteiger partial charge in [0.15, 0.2) is 0 Å². The number of halogens is 1. The van der Waals surface area contributed by atoms with E-state index in [0.717, 1.165) is 38.1 Å². The maximum Gasteiger partial charge on any atom is 0.235 e. The van der Waals surface area contributed by atoms with Crippen molar-refractivity contribution in [2.75, 3.05) is 6.26 Å². The first-order valence-corrected chi connectivity index (χ1v) is 11.9. The van der Waals surface area contributed by atoms with Gasteiger partial charge in [-0.2, -0.15) is 0 Å². The number of benzene rings is 2. The van der Waals surface area contributed by atoms with Crippen LogP contribution in [0.1, 0.15) is 19.5 Å². The molecule has 0 aliphatic carbocycles. The number of nitrogens with zero attached hydrogens (tertiary/aromatic N) is 3. The van der Waals surface area contributed by atoms with Crippen LogP contribution in [0.4, 0.5) is 0 Å². The average Bonchev–Trinajstić information content (AvgIpc) is 3.07. The van der Waals surface area contributed by atoms with Gasteiger partial charge in [-0.15, -0.1) is 23.5 Å². The smallest absolute Gasteiger partial charge is 0.235 e. The van der Waals surface area contributed by atoms with Gasteiger partial charge in [0, 0.05) is 38.1 Å². The van der Waals surface area contributed by atoms with Gasteiger partial charge in [-0.3, -0.25) is 4.40 Å². The van der Waals surface area contributed by atoms with Crippen molar-refractivity contribution in [1.29, 1.82) is 0 Å². The molecule has 148 valence electrons. The number of aryl methyl sites for hydroxylation is 1. The first-order chi connectivity index (χ1) is 14.0. The minimum atomic E-state index is 0.479. The zero-order valence-corrected chi connectivity index (χ0v) is 19.2. The van der Waals surface area contributed by atoms with Crippen LogP contribution in [-0.2, 0) is 0 Å². The third-order valence-electron chi connectivity index (χ3n) is 4.57. The van der Waals surface area contributed by atoms with Crippen LogP contribution in [0.2, 0.25) is 5.02 Å². The van der Waals surface area contributed by atoms with Crippen molar-refractivity contribution < 1.29 is 0 Å². The highest BCUT2D eigenvalue weighted by atomic mass is 35.5. The van der Waals surface area contributed by atoms with Crippen LogP contribution in [0, 0.1) is 6.92 Å². The van der Waals surface area contributed by atoms with Crippen molar-refractivity contribution >= 4 is 40.9 Å². The van der Waals surface area contributed by atoms with Crippen molar-refractivity contribution in [2.45, 2.75) is 35.8 Å². The highest BCUT2D eigenvalue weighted by Gasteiger charge is 2.18. The lowest BCUT2D eigenvalue weighted by Crippen LogP contribution is -1.93. The Morgan fingerprint density at radius 3 is 2.34 bits per heavy atom. The number of rotatable bonds is 5. The SMILES string of the molecule is CSc1ccc(-c2nc3nc(C)ccn3c2-c2ccc(SC(C)C)c(Cl)c2)cc1. The van der Waals surface area contributed by atoms with Gasteiger partial charge in [-0.1, -0.05) is 43.6 Å². The van der Waals surface area contributed by atoms with Crippen molar-refractivity contribution in [3.8, 4) is 22.5 Å². The first-order valence-electron chi connectivity index (χ1n) is 9.43. The lowest BCUT2D eigenvalue weighted by molar-refractivity contribution is 1.07. The standard InChI is InChI=1S/C23H22ClN3S2/c1-14(2)29-20-10-7-17(13-19(20)24)22-21(16-5-8-18(28-4)9-6-16)26-23-25-15(3)11-12-27(22)23/h5-14H,1-4H3. The maximum absolute atomic E-state index is 6.64. The normalized spacial score (nSPS) is 11.5. The zero-order chi connectivity index (χ0) is 20.5. The van der Waals surface area contributed by atoms with Crippen molar-refractivity contribution in [1.82, 2.24) is 14.4 Å². The van der Waals surface area contributed by atoms with Crippen LogP contribution >= 0.6 is 35.1 Å². The molecule has 0 saturated heterocycles. The number of hydrogen-bond donors (Lipinski definition) is 0. The summed E-state index contributed by atoms with van der Waals surface area (Å²) in [7, 11) is 0. The Bertz CT molecular complexity index is 1170. The van der Waals surface area contributed by atoms with Gasteiger partial charge in [0.1, 0.15) is 0 Å². The summed E-state index contributed by atoms with van der Waals surface area (Å²) in [4.78, 5) is 11.8. The molecule has 0 aliphatic heterocycles. The summed E-state index contributed by atoms with van der Waals surface area (Å²) in [5.74, 6) is 0.695. The van der Waals surface area contributed by atoms with E-state index in [-0.39, 0.29) is 0 Å². The van der Waals surface area contributed by atoms with Gasteiger partial charge >= 0.3 is 0 Å².